The van der Waals surface area contributed by atoms with Gasteiger partial charge in [-0.25, -0.2) is 0 Å². The molecule has 0 spiro atoms. The number of halogens is 1. The molecule has 3 atom stereocenters. The molecule has 0 aromatic heterocycles. The molecule has 1 saturated heterocycles. The average Bonchev–Trinajstić information content (AvgIpc) is 3.00. The highest BCUT2D eigenvalue weighted by Gasteiger charge is 2.39. The molecule has 1 saturated carbocycles. The number of carbonyl (C=O) groups is 1. The van der Waals surface area contributed by atoms with Gasteiger partial charge < -0.3 is 14.7 Å². The summed E-state index contributed by atoms with van der Waals surface area (Å²) in [7, 11) is 0. The molecule has 5 heteroatoms. The molecule has 1 aliphatic carbocycles. The Morgan fingerprint density at radius 1 is 1.42 bits per heavy atom. The fourth-order valence-corrected chi connectivity index (χ4v) is 3.94. The van der Waals surface area contributed by atoms with Gasteiger partial charge in [0.15, 0.2) is 0 Å². The van der Waals surface area contributed by atoms with Crippen LogP contribution >= 0.6 is 11.6 Å². The number of amides is 1. The number of benzene rings is 1. The molecule has 1 aliphatic heterocycles. The lowest BCUT2D eigenvalue weighted by Gasteiger charge is -2.39. The Morgan fingerprint density at radius 2 is 2.25 bits per heavy atom. The van der Waals surface area contributed by atoms with Crippen LogP contribution in [0.2, 0.25) is 5.02 Å². The van der Waals surface area contributed by atoms with Crippen molar-refractivity contribution in [1.82, 2.24) is 4.90 Å². The van der Waals surface area contributed by atoms with Crippen LogP contribution in [0.4, 0.5) is 0 Å². The lowest BCUT2D eigenvalue weighted by Crippen LogP contribution is -2.53. The van der Waals surface area contributed by atoms with Crippen molar-refractivity contribution >= 4 is 23.1 Å². The molecule has 1 heterocycles. The number of aliphatic hydroxyl groups is 1. The van der Waals surface area contributed by atoms with Crippen LogP contribution in [-0.2, 0) is 9.53 Å². The highest BCUT2D eigenvalue weighted by atomic mass is 35.5. The van der Waals surface area contributed by atoms with Gasteiger partial charge in [-0.2, -0.15) is 0 Å². The zero-order chi connectivity index (χ0) is 17.1. The molecule has 4 nitrogen and oxygen atoms in total. The first-order valence-electron chi connectivity index (χ1n) is 8.57. The van der Waals surface area contributed by atoms with E-state index >= 15 is 0 Å². The van der Waals surface area contributed by atoms with Crippen molar-refractivity contribution < 1.29 is 14.6 Å². The third-order valence-electron chi connectivity index (χ3n) is 5.09. The second-order valence-corrected chi connectivity index (χ2v) is 7.11. The van der Waals surface area contributed by atoms with Crippen LogP contribution in [0.25, 0.3) is 5.57 Å². The van der Waals surface area contributed by atoms with Gasteiger partial charge in [0.05, 0.1) is 25.4 Å². The molecule has 1 N–H and O–H groups in total. The summed E-state index contributed by atoms with van der Waals surface area (Å²) < 4.78 is 5.59. The van der Waals surface area contributed by atoms with Gasteiger partial charge >= 0.3 is 0 Å². The van der Waals surface area contributed by atoms with E-state index in [9.17, 15) is 9.90 Å². The van der Waals surface area contributed by atoms with E-state index in [4.69, 9.17) is 16.3 Å². The molecular formula is C19H24ClNO3. The van der Waals surface area contributed by atoms with E-state index in [-0.39, 0.29) is 24.0 Å². The lowest BCUT2D eigenvalue weighted by atomic mass is 9.94. The van der Waals surface area contributed by atoms with Crippen LogP contribution in [-0.4, -0.2) is 47.8 Å². The maximum absolute atomic E-state index is 12.8. The molecule has 130 valence electrons. The van der Waals surface area contributed by atoms with E-state index in [1.165, 1.54) is 0 Å². The number of nitrogens with zero attached hydrogens (tertiary/aromatic N) is 1. The summed E-state index contributed by atoms with van der Waals surface area (Å²) in [5.74, 6) is 0.106. The van der Waals surface area contributed by atoms with Crippen molar-refractivity contribution in [2.24, 2.45) is 5.92 Å². The Hall–Kier alpha value is -1.36. The Morgan fingerprint density at radius 3 is 2.96 bits per heavy atom. The minimum atomic E-state index is -0.329. The zero-order valence-corrected chi connectivity index (χ0v) is 14.7. The summed E-state index contributed by atoms with van der Waals surface area (Å²) in [6.45, 7) is 3.56. The number of allylic oxidation sites excluding steroid dienone is 1. The monoisotopic (exact) mass is 349 g/mol. The zero-order valence-electron chi connectivity index (χ0n) is 14.0. The van der Waals surface area contributed by atoms with Gasteiger partial charge in [-0.1, -0.05) is 30.2 Å². The summed E-state index contributed by atoms with van der Waals surface area (Å²) in [5, 5.41) is 10.9. The number of rotatable bonds is 3. The Kier molecular flexibility index (Phi) is 5.59. The average molecular weight is 350 g/mol. The third kappa shape index (κ3) is 3.82. The number of carbonyl (C=O) groups excluding carboxylic acids is 1. The number of hydrogen-bond donors (Lipinski definition) is 1. The number of ether oxygens (including phenoxy) is 1. The van der Waals surface area contributed by atoms with Gasteiger partial charge in [0, 0.05) is 23.6 Å². The first-order valence-corrected chi connectivity index (χ1v) is 8.94. The van der Waals surface area contributed by atoms with Crippen molar-refractivity contribution in [2.75, 3.05) is 19.8 Å². The number of morpholine rings is 1. The predicted octanol–water partition coefficient (Wildman–Crippen LogP) is 3.13. The molecule has 0 bridgehead atoms. The SMILES string of the molecule is C/C(=C\C(=O)N1CCOCC1C1CCCC1O)c1cccc(Cl)c1. The van der Waals surface area contributed by atoms with Crippen molar-refractivity contribution in [3.05, 3.63) is 40.9 Å². The van der Waals surface area contributed by atoms with E-state index < -0.39 is 0 Å². The quantitative estimate of drug-likeness (QED) is 0.853. The van der Waals surface area contributed by atoms with Gasteiger partial charge in [-0.15, -0.1) is 0 Å². The van der Waals surface area contributed by atoms with Gasteiger partial charge in [0.2, 0.25) is 5.91 Å². The molecule has 24 heavy (non-hydrogen) atoms. The van der Waals surface area contributed by atoms with Crippen molar-refractivity contribution in [3.8, 4) is 0 Å². The van der Waals surface area contributed by atoms with E-state index in [2.05, 4.69) is 0 Å². The highest BCUT2D eigenvalue weighted by molar-refractivity contribution is 6.30. The molecule has 2 aliphatic rings. The van der Waals surface area contributed by atoms with Crippen molar-refractivity contribution in [2.45, 2.75) is 38.3 Å². The molecule has 3 rings (SSSR count). The molecular weight excluding hydrogens is 326 g/mol. The first kappa shape index (κ1) is 17.5. The van der Waals surface area contributed by atoms with Gasteiger partial charge in [0.1, 0.15) is 0 Å². The number of aliphatic hydroxyl groups excluding tert-OH is 1. The van der Waals surface area contributed by atoms with E-state index in [1.54, 1.807) is 6.08 Å². The molecule has 1 aromatic carbocycles. The Labute approximate surface area is 148 Å². The maximum atomic E-state index is 12.8. The second-order valence-electron chi connectivity index (χ2n) is 6.67. The van der Waals surface area contributed by atoms with Crippen LogP contribution in [0.3, 0.4) is 0 Å². The fourth-order valence-electron chi connectivity index (χ4n) is 3.75. The summed E-state index contributed by atoms with van der Waals surface area (Å²) >= 11 is 6.03. The predicted molar refractivity (Wildman–Crippen MR) is 94.8 cm³/mol. The fraction of sp³-hybridized carbons (Fsp3) is 0.526. The maximum Gasteiger partial charge on any atom is 0.247 e. The number of hydrogen-bond acceptors (Lipinski definition) is 3. The molecule has 2 fully saturated rings. The van der Waals surface area contributed by atoms with Crippen LogP contribution < -0.4 is 0 Å². The second kappa shape index (κ2) is 7.68. The first-order chi connectivity index (χ1) is 11.6. The normalized spacial score (nSPS) is 28.2. The smallest absolute Gasteiger partial charge is 0.247 e. The Balaban J connectivity index is 1.77. The van der Waals surface area contributed by atoms with Crippen molar-refractivity contribution in [3.63, 3.8) is 0 Å². The minimum absolute atomic E-state index is 0.0140. The molecule has 1 aromatic rings. The third-order valence-corrected chi connectivity index (χ3v) is 5.33. The topological polar surface area (TPSA) is 49.8 Å². The largest absolute Gasteiger partial charge is 0.393 e. The summed E-state index contributed by atoms with van der Waals surface area (Å²) in [6.07, 6.45) is 4.13. The van der Waals surface area contributed by atoms with E-state index in [1.807, 2.05) is 36.1 Å². The standard InChI is InChI=1S/C19H24ClNO3/c1-13(14-4-2-5-15(20)11-14)10-19(23)21-8-9-24-12-17(21)16-6-3-7-18(16)22/h2,4-5,10-11,16-18,22H,3,6-9,12H2,1H3/b13-10+. The summed E-state index contributed by atoms with van der Waals surface area (Å²) in [5.41, 5.74) is 1.83. The van der Waals surface area contributed by atoms with E-state index in [0.29, 0.717) is 24.8 Å². The van der Waals surface area contributed by atoms with Gasteiger partial charge in [-0.05, 0) is 43.0 Å². The highest BCUT2D eigenvalue weighted by Crippen LogP contribution is 2.32. The van der Waals surface area contributed by atoms with Crippen LogP contribution in [0.5, 0.6) is 0 Å². The van der Waals surface area contributed by atoms with Gasteiger partial charge in [-0.3, -0.25) is 4.79 Å². The Bertz CT molecular complexity index is 631. The van der Waals surface area contributed by atoms with Crippen LogP contribution in [0.1, 0.15) is 31.7 Å². The van der Waals surface area contributed by atoms with Crippen LogP contribution in [0, 0.1) is 5.92 Å². The summed E-state index contributed by atoms with van der Waals surface area (Å²) in [4.78, 5) is 14.7. The van der Waals surface area contributed by atoms with Crippen molar-refractivity contribution in [1.29, 1.82) is 0 Å². The van der Waals surface area contributed by atoms with Gasteiger partial charge in [0.25, 0.3) is 0 Å². The lowest BCUT2D eigenvalue weighted by molar-refractivity contribution is -0.138. The van der Waals surface area contributed by atoms with Crippen LogP contribution in [0.15, 0.2) is 30.3 Å². The molecule has 0 radical (unpaired) electrons. The minimum Gasteiger partial charge on any atom is -0.393 e. The molecule has 3 unspecified atom stereocenters. The van der Waals surface area contributed by atoms with E-state index in [0.717, 1.165) is 30.4 Å². The molecule has 1 amide bonds. The summed E-state index contributed by atoms with van der Waals surface area (Å²) in [6, 6.07) is 7.47.